The number of hydroxylamine groups is 1. The van der Waals surface area contributed by atoms with Crippen LogP contribution in [0.15, 0.2) is 102 Å². The van der Waals surface area contributed by atoms with E-state index in [1.807, 2.05) is 60.7 Å². The molecule has 0 aliphatic rings. The fourth-order valence-corrected chi connectivity index (χ4v) is 5.21. The quantitative estimate of drug-likeness (QED) is 0.124. The maximum atomic E-state index is 13.3. The predicted octanol–water partition coefficient (Wildman–Crippen LogP) is 8.20. The molecule has 0 unspecified atom stereocenters. The highest BCUT2D eigenvalue weighted by atomic mass is 35.5. The third-order valence-corrected chi connectivity index (χ3v) is 7.53. The highest BCUT2D eigenvalue weighted by Crippen LogP contribution is 2.25. The van der Waals surface area contributed by atoms with Gasteiger partial charge in [-0.2, -0.15) is 5.26 Å². The second kappa shape index (κ2) is 15.3. The van der Waals surface area contributed by atoms with Crippen molar-refractivity contribution in [3.8, 4) is 6.07 Å². The average Bonchev–Trinajstić information content (AvgIpc) is 3.45. The van der Waals surface area contributed by atoms with Gasteiger partial charge in [-0.05, 0) is 95.8 Å². The third-order valence-electron chi connectivity index (χ3n) is 7.11. The Morgan fingerprint density at radius 3 is 1.90 bits per heavy atom. The Kier molecular flexibility index (Phi) is 10.8. The van der Waals surface area contributed by atoms with Gasteiger partial charge in [-0.25, -0.2) is 9.87 Å². The molecule has 12 heteroatoms. The lowest BCUT2D eigenvalue weighted by Crippen LogP contribution is -2.12. The Balaban J connectivity index is 0.000000165. The fourth-order valence-electron chi connectivity index (χ4n) is 4.88. The lowest BCUT2D eigenvalue weighted by Gasteiger charge is -2.05. The van der Waals surface area contributed by atoms with E-state index in [4.69, 9.17) is 43.9 Å². The number of rotatable bonds is 4. The van der Waals surface area contributed by atoms with Gasteiger partial charge in [0.2, 0.25) is 5.91 Å². The Labute approximate surface area is 284 Å². The van der Waals surface area contributed by atoms with Crippen molar-refractivity contribution in [3.63, 3.8) is 0 Å². The van der Waals surface area contributed by atoms with E-state index in [9.17, 15) is 9.18 Å². The number of aromatic nitrogens is 3. The fraction of sp³-hybridized carbons (Fsp3) is 0.0833. The number of fused-ring (bicyclic) bond motifs is 3. The largest absolute Gasteiger partial charge is 0.380 e. The van der Waals surface area contributed by atoms with Crippen LogP contribution < -0.4 is 11.2 Å². The van der Waals surface area contributed by atoms with Gasteiger partial charge in [-0.15, -0.1) is 0 Å². The molecule has 0 spiro atoms. The number of benzene rings is 4. The molecule has 1 amide bonds. The van der Waals surface area contributed by atoms with E-state index >= 15 is 0 Å². The maximum Gasteiger partial charge on any atom is 0.240 e. The van der Waals surface area contributed by atoms with Crippen LogP contribution in [0.4, 0.5) is 10.2 Å². The van der Waals surface area contributed by atoms with Crippen LogP contribution in [0.1, 0.15) is 34.7 Å². The van der Waals surface area contributed by atoms with Crippen LogP contribution in [-0.4, -0.2) is 26.2 Å². The van der Waals surface area contributed by atoms with Gasteiger partial charge < -0.3 is 10.3 Å². The number of carbonyl (C=O) groups is 1. The van der Waals surface area contributed by atoms with E-state index in [0.717, 1.165) is 50.3 Å². The van der Waals surface area contributed by atoms with Crippen molar-refractivity contribution in [2.24, 2.45) is 0 Å². The molecule has 240 valence electrons. The summed E-state index contributed by atoms with van der Waals surface area (Å²) in [5.41, 5.74) is 14.1. The van der Waals surface area contributed by atoms with E-state index in [1.165, 1.54) is 24.0 Å². The van der Waals surface area contributed by atoms with Gasteiger partial charge in [0.1, 0.15) is 11.9 Å². The molecule has 7 aromatic rings. The topological polar surface area (TPSA) is 151 Å². The lowest BCUT2D eigenvalue weighted by molar-refractivity contribution is -0.126. The molecular weight excluding hydrogens is 654 g/mol. The molecule has 3 aromatic heterocycles. The minimum absolute atomic E-state index is 0.0676. The summed E-state index contributed by atoms with van der Waals surface area (Å²) in [6, 6.07) is 28.3. The van der Waals surface area contributed by atoms with Crippen molar-refractivity contribution in [1.29, 1.82) is 5.26 Å². The Morgan fingerprint density at radius 1 is 0.854 bits per heavy atom. The predicted molar refractivity (Wildman–Crippen MR) is 184 cm³/mol. The molecular formula is C36H27Cl2FN6O3. The average molecular weight is 682 g/mol. The van der Waals surface area contributed by atoms with Crippen molar-refractivity contribution in [1.82, 2.24) is 20.6 Å². The van der Waals surface area contributed by atoms with Crippen molar-refractivity contribution in [2.75, 3.05) is 5.73 Å². The van der Waals surface area contributed by atoms with Gasteiger partial charge in [-0.1, -0.05) is 52.6 Å². The van der Waals surface area contributed by atoms with Crippen molar-refractivity contribution in [3.05, 3.63) is 141 Å². The first-order chi connectivity index (χ1) is 23.1. The molecule has 0 bridgehead atoms. The van der Waals surface area contributed by atoms with Crippen molar-refractivity contribution < 1.29 is 18.9 Å². The molecule has 3 heterocycles. The first-order valence-electron chi connectivity index (χ1n) is 14.4. The molecule has 4 aromatic carbocycles. The lowest BCUT2D eigenvalue weighted by atomic mass is 10.0. The molecule has 0 saturated heterocycles. The second-order valence-electron chi connectivity index (χ2n) is 10.7. The Bertz CT molecular complexity index is 2300. The number of nitrogens with two attached hydrogens (primary N) is 1. The van der Waals surface area contributed by atoms with Crippen LogP contribution in [0.25, 0.3) is 32.8 Å². The van der Waals surface area contributed by atoms with Gasteiger partial charge in [-0.3, -0.25) is 20.0 Å². The first-order valence-corrected chi connectivity index (χ1v) is 15.2. The first kappa shape index (κ1) is 33.8. The minimum atomic E-state index is -0.490. The smallest absolute Gasteiger partial charge is 0.240 e. The van der Waals surface area contributed by atoms with Crippen LogP contribution in [0.5, 0.6) is 0 Å². The zero-order valence-electron chi connectivity index (χ0n) is 25.4. The SMILES string of the molecule is CC(=O)NO.N#Cc1cc(Cc2ccc3ncc(Cl)cc3c2)ccc1F.Nc1noc2ccc(Cc3ccc4ncc(Cl)cc4c3)cc12. The van der Waals surface area contributed by atoms with Gasteiger partial charge >= 0.3 is 0 Å². The number of nitrogen functional groups attached to an aromatic ring is 1. The maximum absolute atomic E-state index is 13.3. The summed E-state index contributed by atoms with van der Waals surface area (Å²) in [5.74, 6) is -0.507. The number of hydrogen-bond acceptors (Lipinski definition) is 8. The van der Waals surface area contributed by atoms with E-state index in [1.54, 1.807) is 24.5 Å². The number of hydrogen-bond donors (Lipinski definition) is 3. The van der Waals surface area contributed by atoms with Crippen LogP contribution in [0.3, 0.4) is 0 Å². The van der Waals surface area contributed by atoms with Crippen molar-refractivity contribution >= 4 is 67.7 Å². The molecule has 0 atom stereocenters. The van der Waals surface area contributed by atoms with Crippen LogP contribution >= 0.6 is 23.2 Å². The monoisotopic (exact) mass is 680 g/mol. The number of carbonyl (C=O) groups excluding carboxylic acids is 1. The minimum Gasteiger partial charge on any atom is -0.380 e. The molecule has 48 heavy (non-hydrogen) atoms. The summed E-state index contributed by atoms with van der Waals surface area (Å²) >= 11 is 12.0. The Hall–Kier alpha value is -5.60. The molecule has 4 N–H and O–H groups in total. The van der Waals surface area contributed by atoms with E-state index in [-0.39, 0.29) is 5.56 Å². The summed E-state index contributed by atoms with van der Waals surface area (Å²) in [4.78, 5) is 18.0. The van der Waals surface area contributed by atoms with Crippen molar-refractivity contribution in [2.45, 2.75) is 19.8 Å². The molecule has 0 aliphatic heterocycles. The van der Waals surface area contributed by atoms with E-state index < -0.39 is 11.7 Å². The van der Waals surface area contributed by atoms with Crippen LogP contribution in [0, 0.1) is 17.1 Å². The normalized spacial score (nSPS) is 10.5. The standard InChI is InChI=1S/C17H10ClFN2.C17H12ClN3O.C2H5NO2/c18-15-8-13-6-12(2-4-17(13)21-10-15)5-11-1-3-16(19)14(7-11)9-20;18-13-8-12-6-10(1-3-15(12)20-9-13)5-11-2-4-16-14(7-11)17(19)21-22-16;1-2(4)3-5/h1-4,6-8,10H,5H2;1-4,6-9H,5H2,(H2,19,21);5H,1H3,(H,3,4). The van der Waals surface area contributed by atoms with Gasteiger partial charge in [0.15, 0.2) is 11.4 Å². The molecule has 0 aliphatic carbocycles. The molecule has 0 fully saturated rings. The van der Waals surface area contributed by atoms with E-state index in [2.05, 4.69) is 27.3 Å². The molecule has 7 rings (SSSR count). The summed E-state index contributed by atoms with van der Waals surface area (Å²) in [6.45, 7) is 1.22. The summed E-state index contributed by atoms with van der Waals surface area (Å²) in [7, 11) is 0. The number of nitrogens with zero attached hydrogens (tertiary/aromatic N) is 4. The second-order valence-corrected chi connectivity index (χ2v) is 11.6. The Morgan fingerprint density at radius 2 is 1.35 bits per heavy atom. The molecule has 9 nitrogen and oxygen atoms in total. The summed E-state index contributed by atoms with van der Waals surface area (Å²) < 4.78 is 18.4. The van der Waals surface area contributed by atoms with Crippen LogP contribution in [0.2, 0.25) is 10.0 Å². The number of nitriles is 1. The van der Waals surface area contributed by atoms with Gasteiger partial charge in [0.05, 0.1) is 32.0 Å². The zero-order chi connectivity index (χ0) is 34.2. The zero-order valence-corrected chi connectivity index (χ0v) is 26.9. The molecule has 0 saturated carbocycles. The highest BCUT2D eigenvalue weighted by molar-refractivity contribution is 6.31. The number of amides is 1. The number of nitrogens with one attached hydrogen (secondary N) is 1. The highest BCUT2D eigenvalue weighted by Gasteiger charge is 2.08. The number of halogens is 3. The summed E-state index contributed by atoms with van der Waals surface area (Å²) in [6.07, 6.45) is 4.69. The molecule has 0 radical (unpaired) electrons. The van der Waals surface area contributed by atoms with Gasteiger partial charge in [0, 0.05) is 30.1 Å². The number of anilines is 1. The van der Waals surface area contributed by atoms with E-state index in [0.29, 0.717) is 27.9 Å². The summed E-state index contributed by atoms with van der Waals surface area (Å²) in [5, 5.41) is 24.3. The van der Waals surface area contributed by atoms with Crippen LogP contribution in [-0.2, 0) is 17.6 Å². The third kappa shape index (κ3) is 8.60. The number of pyridine rings is 2. The van der Waals surface area contributed by atoms with Gasteiger partial charge in [0.25, 0.3) is 0 Å².